The molecule has 16 N–H and O–H groups in total. The molecule has 5 radical (unpaired) electrons. The number of carbonyl (C=O) groups is 8. The molecule has 0 atom stereocenters. The zero-order valence-corrected chi connectivity index (χ0v) is 111. The summed E-state index contributed by atoms with van der Waals surface area (Å²) in [6.45, 7) is 23.6. The second-order valence-electron chi connectivity index (χ2n) is 39.0. The molecule has 3 aromatic heterocycles. The zero-order chi connectivity index (χ0) is 105. The van der Waals surface area contributed by atoms with Gasteiger partial charge in [-0.05, 0) is 195 Å². The predicted molar refractivity (Wildman–Crippen MR) is 580 cm³/mol. The van der Waals surface area contributed by atoms with Crippen molar-refractivity contribution in [2.24, 2.45) is 27.1 Å². The van der Waals surface area contributed by atoms with Crippen LogP contribution in [0.25, 0.3) is 33.3 Å². The number of oxazole rings is 3. The molecule has 10 amide bonds. The number of benzene rings is 5. The van der Waals surface area contributed by atoms with Gasteiger partial charge in [0.1, 0.15) is 0 Å². The number of phenolic OH excluding ortho intramolecular Hbond substituents is 2. The molecular formula is C95H121Cl6I4N16O21Y5-5. The largest absolute Gasteiger partial charge is 0.531 e. The number of nitro groups is 1. The maximum absolute atomic E-state index is 12.2. The van der Waals surface area contributed by atoms with E-state index in [0.717, 1.165) is 138 Å². The number of aromatic hydroxyl groups is 2. The van der Waals surface area contributed by atoms with E-state index in [1.807, 2.05) is 9.86 Å². The van der Waals surface area contributed by atoms with E-state index in [1.54, 1.807) is 18.2 Å². The normalized spacial score (nSPS) is 18.6. The predicted octanol–water partition coefficient (Wildman–Crippen LogP) is 24.4. The van der Waals surface area contributed by atoms with Gasteiger partial charge in [0.2, 0.25) is 15.4 Å². The average molecular weight is 2990 g/mol. The van der Waals surface area contributed by atoms with Crippen LogP contribution in [-0.4, -0.2) is 147 Å². The van der Waals surface area contributed by atoms with E-state index < -0.39 is 64.1 Å². The van der Waals surface area contributed by atoms with Gasteiger partial charge < -0.3 is 117 Å². The van der Waals surface area contributed by atoms with Gasteiger partial charge in [0.15, 0.2) is 0 Å². The van der Waals surface area contributed by atoms with Gasteiger partial charge in [0.25, 0.3) is 15.6 Å². The SMILES string of the molecule is C.CC(=N)C(Cl)(Cl)Cl.CC1(C)CCC2(CC1)NC(=O)Nc1[c-]cc(N)c(O)c12.CC1(C)CCC2(CC1)NC(=O)Nc1[c-]cc([N+](=O)[O-])c(O)c12.CC1(C)CCC2(CC1)NC(=O)Nc1[c-]cc3nc(C(=O)O)oc3c12.CC1(C)CCC2(CC1)NC(=O)Nc1[c-]cc3nc(C(Cl)(Cl)Cl)oc3c12.CI.CI.COC(=O)C(OC)(OC)OC.COC(=O)c1nc2c[c-]c3c(c2o1)C1(CCC(C)(C)CC1)NC(=O)N3.ICI.[Y].[Y].[Y].[Y].[Y]. The van der Waals surface area contributed by atoms with Crippen LogP contribution in [0.15, 0.2) is 43.6 Å². The third kappa shape index (κ3) is 33.3. The Labute approximate surface area is 1070 Å². The number of ether oxygens (including phenoxy) is 5. The van der Waals surface area contributed by atoms with Gasteiger partial charge in [0, 0.05) is 223 Å². The molecule has 147 heavy (non-hydrogen) atoms. The van der Waals surface area contributed by atoms with E-state index in [1.165, 1.54) is 51.0 Å². The third-order valence-corrected chi connectivity index (χ3v) is 28.3. The number of nitrogen functional groups attached to an aromatic ring is 1. The molecule has 5 aliphatic heterocycles. The van der Waals surface area contributed by atoms with E-state index in [-0.39, 0.29) is 269 Å². The maximum atomic E-state index is 12.2. The number of carbonyl (C=O) groups excluding carboxylic acids is 7. The molecule has 10 aliphatic rings. The van der Waals surface area contributed by atoms with Crippen molar-refractivity contribution in [3.63, 3.8) is 0 Å². The number of hydrogen-bond acceptors (Lipinski definition) is 25. The van der Waals surface area contributed by atoms with Crippen LogP contribution in [0.5, 0.6) is 11.5 Å². The van der Waals surface area contributed by atoms with E-state index in [2.05, 4.69) is 277 Å². The van der Waals surface area contributed by atoms with Crippen LogP contribution in [0, 0.1) is 72.9 Å². The molecule has 0 saturated heterocycles. The minimum absolute atomic E-state index is 0. The number of anilines is 6. The first-order valence-corrected chi connectivity index (χ1v) is 54.1. The minimum Gasteiger partial charge on any atom is -0.531 e. The number of nitrogens with one attached hydrogen (secondary N) is 11. The number of methoxy groups -OCH3 is 5. The number of nitrogens with two attached hydrogens (primary N) is 1. The van der Waals surface area contributed by atoms with Crippen LogP contribution in [-0.2, 0) is 224 Å². The van der Waals surface area contributed by atoms with Gasteiger partial charge in [-0.25, -0.2) is 38.4 Å². The summed E-state index contributed by atoms with van der Waals surface area (Å²) in [7, 11) is 6.34. The number of hydrogen-bond donors (Lipinski definition) is 15. The fraction of sp³-hybridized carbons (Fsp3) is 0.558. The van der Waals surface area contributed by atoms with Crippen LogP contribution in [0.3, 0.4) is 0 Å². The summed E-state index contributed by atoms with van der Waals surface area (Å²) in [6.07, 6.45) is 17.1. The molecule has 5 aromatic carbocycles. The summed E-state index contributed by atoms with van der Waals surface area (Å²) < 4.78 is 38.1. The second kappa shape index (κ2) is 57.0. The van der Waals surface area contributed by atoms with Crippen molar-refractivity contribution in [3.05, 3.63) is 116 Å². The fourth-order valence-corrected chi connectivity index (χ4v) is 18.8. The van der Waals surface area contributed by atoms with Gasteiger partial charge in [-0.1, -0.05) is 299 Å². The smallest absolute Gasteiger partial charge is 0.397 e. The first-order chi connectivity index (χ1) is 65.8. The van der Waals surface area contributed by atoms with Gasteiger partial charge in [-0.2, -0.15) is 30.3 Å². The molecule has 0 unspecified atom stereocenters. The summed E-state index contributed by atoms with van der Waals surface area (Å²) in [5.74, 6) is -5.06. The number of carboxylic acid groups (broad SMARTS) is 1. The van der Waals surface area contributed by atoms with E-state index >= 15 is 0 Å². The molecule has 18 rings (SSSR count). The topological polar surface area (TPSA) is 535 Å². The van der Waals surface area contributed by atoms with Crippen molar-refractivity contribution in [1.29, 1.82) is 5.41 Å². The number of nitrogens with zero attached hydrogens (tertiary/aromatic N) is 4. The summed E-state index contributed by atoms with van der Waals surface area (Å²) in [6, 6.07) is 21.0. The van der Waals surface area contributed by atoms with Gasteiger partial charge in [0.05, 0.1) is 44.9 Å². The van der Waals surface area contributed by atoms with E-state index in [9.17, 15) is 58.7 Å². The van der Waals surface area contributed by atoms with Crippen LogP contribution < -0.4 is 58.9 Å². The first-order valence-electron chi connectivity index (χ1n) is 44.4. The second-order valence-corrected chi connectivity index (χ2v) is 48.0. The third-order valence-electron chi connectivity index (χ3n) is 26.9. The number of fused-ring (bicyclic) bond motifs is 16. The number of urea groups is 5. The van der Waals surface area contributed by atoms with E-state index in [4.69, 9.17) is 104 Å². The van der Waals surface area contributed by atoms with Crippen molar-refractivity contribution >= 4 is 287 Å². The summed E-state index contributed by atoms with van der Waals surface area (Å²) in [5.41, 5.74) is 13.0. The summed E-state index contributed by atoms with van der Waals surface area (Å²) in [5, 5.41) is 76.4. The van der Waals surface area contributed by atoms with E-state index in [0.29, 0.717) is 91.4 Å². The number of rotatable bonds is 7. The molecule has 797 valence electrons. The quantitative estimate of drug-likeness (QED) is 0.00673. The number of phenols is 2. The zero-order valence-electron chi connectivity index (χ0n) is 84.0. The van der Waals surface area contributed by atoms with Crippen molar-refractivity contribution in [3.8, 4) is 11.5 Å². The Morgan fingerprint density at radius 3 is 0.966 bits per heavy atom. The Morgan fingerprint density at radius 2 is 0.707 bits per heavy atom. The number of nitro benzene ring substituents is 1. The van der Waals surface area contributed by atoms with Crippen molar-refractivity contribution < 1.29 is 259 Å². The van der Waals surface area contributed by atoms with Crippen LogP contribution >= 0.6 is 160 Å². The average Bonchev–Trinajstić information content (AvgIpc) is 1.64. The molecule has 52 heteroatoms. The van der Waals surface area contributed by atoms with Crippen LogP contribution in [0.1, 0.15) is 267 Å². The molecule has 8 aromatic rings. The van der Waals surface area contributed by atoms with Gasteiger partial charge in [-0.15, -0.1) is 24.3 Å². The molecule has 5 saturated carbocycles. The number of alkyl halides is 10. The number of aromatic carboxylic acids is 1. The molecule has 8 heterocycles. The Bertz CT molecular complexity index is 5970. The molecule has 5 fully saturated rings. The number of amides is 10. The molecule has 0 bridgehead atoms. The standard InChI is InChI=1S/C18H20N3O4.C17H17Cl3N3O2.C17H18N3O4.C15H18N3O4.C15H20N3O2.C6H12O5.C3H4Cl3N.CH2I2.2CH3I.CH4.5Y/c1-17(2)6-8-18(9-7-17)12-10(20-16(23)21-18)4-5-11-13(12)25-14(19-11)15(22)24-3;1-15(2)5-7-16(8-6-15)11-9(22-14(24)23-16)3-4-10-12(11)25-13(21-10)17(18,19)20;1-16(2)5-7-17(8-6-16)11-9(19-15(23)20-17)3-4-10-12(11)24-13(18-10)14(21)22;1-14(2)5-7-15(8-6-14)11-9(16-13(20)17-15)3-4-10(12(11)19)18(21)22;1-14(2)5-7-15(8-6-14)11-10(17-13(20)18-15)4-3-9(16)12(11)19;1-8-5(7)6(9-2,10-3)11-4;1-2(7)3(4,5)6;2-1-3;2*1-2;;;;;;/h5H,6-9H2,1-3H3,(H2,20,21,23);4H,5-8H2,1-2H3,(H2,22,23,24);4H,5-8H2,1-2H3,(H,21,22)(H2,19,20,23);4,19H,5-8H2,1-2H3,(H2,16,17,20);3,19H,5-8,16H2,1-2H3,(H2,17,18,20);1-4H3;7H,1H3;1H2;2*1H3;1H4;;;;;/q5*-1;;;;;;;;;;;. The van der Waals surface area contributed by atoms with Crippen molar-refractivity contribution in [2.75, 3.05) is 80.2 Å². The molecule has 5 spiro atoms. The summed E-state index contributed by atoms with van der Waals surface area (Å²) in [4.78, 5) is 121. The Balaban J connectivity index is 0.000000442. The van der Waals surface area contributed by atoms with Gasteiger partial charge in [-0.3, -0.25) is 25.1 Å². The Hall–Kier alpha value is -2.20. The number of halogens is 10. The number of carboxylic acids is 1. The first kappa shape index (κ1) is 139. The maximum Gasteiger partial charge on any atom is 0.397 e. The fourth-order valence-electron chi connectivity index (χ4n) is 18.6. The summed E-state index contributed by atoms with van der Waals surface area (Å²) >= 11 is 42.2. The molecule has 37 nitrogen and oxygen atoms in total. The van der Waals surface area contributed by atoms with Crippen LogP contribution in [0.2, 0.25) is 0 Å². The molecule has 5 aliphatic carbocycles. The number of esters is 2. The van der Waals surface area contributed by atoms with Gasteiger partial charge >= 0.3 is 54.0 Å². The monoisotopic (exact) mass is 2980 g/mol. The molecular weight excluding hydrogens is 2870 g/mol. The van der Waals surface area contributed by atoms with Crippen molar-refractivity contribution in [2.45, 2.75) is 253 Å². The van der Waals surface area contributed by atoms with Crippen LogP contribution in [0.4, 0.5) is 63.8 Å². The minimum atomic E-state index is -1.75. The van der Waals surface area contributed by atoms with Crippen molar-refractivity contribution in [1.82, 2.24) is 41.5 Å². The Kier molecular flexibility index (Phi) is 53.9. The number of aromatic nitrogens is 3. The Morgan fingerprint density at radius 1 is 0.456 bits per heavy atom.